The third-order valence-electron chi connectivity index (χ3n) is 1.04. The Morgan fingerprint density at radius 3 is 2.40 bits per heavy atom. The summed E-state index contributed by atoms with van der Waals surface area (Å²) in [7, 11) is 0. The minimum absolute atomic E-state index is 0. The van der Waals surface area contributed by atoms with E-state index in [0.29, 0.717) is 19.4 Å². The van der Waals surface area contributed by atoms with E-state index >= 15 is 0 Å². The summed E-state index contributed by atoms with van der Waals surface area (Å²) < 4.78 is 0. The first-order chi connectivity index (χ1) is 4.18. The molecule has 0 aliphatic heterocycles. The van der Waals surface area contributed by atoms with E-state index in [1.165, 1.54) is 0 Å². The predicted octanol–water partition coefficient (Wildman–Crippen LogP) is -0.750. The lowest BCUT2D eigenvalue weighted by Crippen LogP contribution is -2.30. The zero-order valence-corrected chi connectivity index (χ0v) is 6.71. The molecule has 0 radical (unpaired) electrons. The third kappa shape index (κ3) is 5.87. The van der Waals surface area contributed by atoms with E-state index in [9.17, 15) is 4.79 Å². The largest absolute Gasteiger partial charge is 0.480 e. The third-order valence-corrected chi connectivity index (χ3v) is 1.04. The minimum Gasteiger partial charge on any atom is -0.480 e. The highest BCUT2D eigenvalue weighted by Gasteiger charge is 2.08. The second kappa shape index (κ2) is 6.85. The van der Waals surface area contributed by atoms with Crippen molar-refractivity contribution in [2.24, 2.45) is 11.5 Å². The first kappa shape index (κ1) is 12.4. The van der Waals surface area contributed by atoms with Gasteiger partial charge in [0.15, 0.2) is 0 Å². The van der Waals surface area contributed by atoms with Crippen LogP contribution in [-0.2, 0) is 4.79 Å². The molecule has 5 heteroatoms. The molecule has 0 saturated heterocycles. The van der Waals surface area contributed by atoms with Gasteiger partial charge in [0.1, 0.15) is 6.04 Å². The molecule has 0 aromatic rings. The summed E-state index contributed by atoms with van der Waals surface area (Å²) >= 11 is 0. The Labute approximate surface area is 67.0 Å². The first-order valence-corrected chi connectivity index (χ1v) is 2.87. The van der Waals surface area contributed by atoms with E-state index in [2.05, 4.69) is 0 Å². The summed E-state index contributed by atoms with van der Waals surface area (Å²) in [5, 5.41) is 8.24. The van der Waals surface area contributed by atoms with Crippen LogP contribution < -0.4 is 11.5 Å². The molecular formula is C5H14N2O2S. The molecule has 5 N–H and O–H groups in total. The molecule has 0 aromatic carbocycles. The number of carbonyl (C=O) groups is 1. The molecule has 0 aliphatic rings. The van der Waals surface area contributed by atoms with Crippen LogP contribution in [0.2, 0.25) is 0 Å². The molecule has 0 aliphatic carbocycles. The van der Waals surface area contributed by atoms with Crippen molar-refractivity contribution in [3.63, 3.8) is 0 Å². The maximum absolute atomic E-state index is 10.0. The average Bonchev–Trinajstić information content (AvgIpc) is 1.82. The molecule has 0 spiro atoms. The quantitative estimate of drug-likeness (QED) is 0.512. The molecule has 0 saturated carbocycles. The SMILES string of the molecule is NCCCC(N)C(=O)O.S. The van der Waals surface area contributed by atoms with Crippen LogP contribution in [0.4, 0.5) is 0 Å². The fourth-order valence-corrected chi connectivity index (χ4v) is 0.461. The van der Waals surface area contributed by atoms with Crippen LogP contribution in [0.5, 0.6) is 0 Å². The van der Waals surface area contributed by atoms with Gasteiger partial charge in [-0.05, 0) is 19.4 Å². The summed E-state index contributed by atoms with van der Waals surface area (Å²) in [4.78, 5) is 10.0. The lowest BCUT2D eigenvalue weighted by molar-refractivity contribution is -0.138. The van der Waals surface area contributed by atoms with Crippen LogP contribution in [-0.4, -0.2) is 23.7 Å². The van der Waals surface area contributed by atoms with Crippen LogP contribution in [0.25, 0.3) is 0 Å². The van der Waals surface area contributed by atoms with Crippen molar-refractivity contribution in [2.75, 3.05) is 6.54 Å². The molecule has 0 aromatic heterocycles. The van der Waals surface area contributed by atoms with Crippen molar-refractivity contribution in [1.29, 1.82) is 0 Å². The molecule has 0 heterocycles. The van der Waals surface area contributed by atoms with Crippen LogP contribution in [0.1, 0.15) is 12.8 Å². The van der Waals surface area contributed by atoms with E-state index in [-0.39, 0.29) is 13.5 Å². The molecule has 0 fully saturated rings. The average molecular weight is 166 g/mol. The number of hydrogen-bond donors (Lipinski definition) is 3. The fourth-order valence-electron chi connectivity index (χ4n) is 0.461. The van der Waals surface area contributed by atoms with Gasteiger partial charge in [-0.1, -0.05) is 0 Å². The lowest BCUT2D eigenvalue weighted by Gasteiger charge is -2.02. The molecule has 10 heavy (non-hydrogen) atoms. The van der Waals surface area contributed by atoms with E-state index < -0.39 is 12.0 Å². The molecule has 4 nitrogen and oxygen atoms in total. The number of hydrogen-bond acceptors (Lipinski definition) is 3. The van der Waals surface area contributed by atoms with Gasteiger partial charge in [-0.2, -0.15) is 13.5 Å². The van der Waals surface area contributed by atoms with Crippen molar-refractivity contribution >= 4 is 19.5 Å². The zero-order chi connectivity index (χ0) is 7.28. The highest BCUT2D eigenvalue weighted by Crippen LogP contribution is 1.91. The maximum atomic E-state index is 10.0. The second-order valence-electron chi connectivity index (χ2n) is 1.88. The van der Waals surface area contributed by atoms with Crippen LogP contribution >= 0.6 is 13.5 Å². The Kier molecular flexibility index (Phi) is 8.51. The van der Waals surface area contributed by atoms with Crippen molar-refractivity contribution in [3.05, 3.63) is 0 Å². The van der Waals surface area contributed by atoms with Gasteiger partial charge >= 0.3 is 5.97 Å². The monoisotopic (exact) mass is 166 g/mol. The van der Waals surface area contributed by atoms with Gasteiger partial charge in [0.25, 0.3) is 0 Å². The van der Waals surface area contributed by atoms with E-state index in [1.807, 2.05) is 0 Å². The van der Waals surface area contributed by atoms with Gasteiger partial charge < -0.3 is 16.6 Å². The highest BCUT2D eigenvalue weighted by atomic mass is 32.1. The van der Waals surface area contributed by atoms with Crippen LogP contribution in [0.15, 0.2) is 0 Å². The summed E-state index contributed by atoms with van der Waals surface area (Å²) in [6.07, 6.45) is 1.14. The Morgan fingerprint density at radius 1 is 1.60 bits per heavy atom. The standard InChI is InChI=1S/C5H12N2O2.H2S/c6-3-1-2-4(7)5(8)9;/h4H,1-3,6-7H2,(H,8,9);1H2. The molecule has 0 rings (SSSR count). The zero-order valence-electron chi connectivity index (χ0n) is 5.71. The molecule has 1 unspecified atom stereocenters. The lowest BCUT2D eigenvalue weighted by atomic mass is 10.2. The summed E-state index contributed by atoms with van der Waals surface area (Å²) in [6.45, 7) is 0.501. The van der Waals surface area contributed by atoms with Gasteiger partial charge in [-0.3, -0.25) is 4.79 Å². The number of rotatable bonds is 4. The Balaban J connectivity index is 0. The maximum Gasteiger partial charge on any atom is 0.320 e. The van der Waals surface area contributed by atoms with Crippen molar-refractivity contribution in [3.8, 4) is 0 Å². The van der Waals surface area contributed by atoms with Gasteiger partial charge in [0.2, 0.25) is 0 Å². The van der Waals surface area contributed by atoms with Gasteiger partial charge in [-0.15, -0.1) is 0 Å². The molecular weight excluding hydrogens is 152 g/mol. The van der Waals surface area contributed by atoms with Gasteiger partial charge in [0.05, 0.1) is 0 Å². The summed E-state index contributed by atoms with van der Waals surface area (Å²) in [6, 6.07) is -0.742. The van der Waals surface area contributed by atoms with E-state index in [4.69, 9.17) is 16.6 Å². The molecule has 0 amide bonds. The van der Waals surface area contributed by atoms with Gasteiger partial charge in [-0.25, -0.2) is 0 Å². The second-order valence-corrected chi connectivity index (χ2v) is 1.88. The number of aliphatic carboxylic acids is 1. The molecule has 0 bridgehead atoms. The summed E-state index contributed by atoms with van der Waals surface area (Å²) in [5.41, 5.74) is 10.3. The Hall–Kier alpha value is -0.260. The Bertz CT molecular complexity index is 99.6. The predicted molar refractivity (Wildman–Crippen MR) is 44.3 cm³/mol. The molecule has 62 valence electrons. The van der Waals surface area contributed by atoms with E-state index in [1.54, 1.807) is 0 Å². The van der Waals surface area contributed by atoms with Crippen molar-refractivity contribution in [2.45, 2.75) is 18.9 Å². The smallest absolute Gasteiger partial charge is 0.320 e. The Morgan fingerprint density at radius 2 is 2.10 bits per heavy atom. The van der Waals surface area contributed by atoms with Crippen molar-refractivity contribution < 1.29 is 9.90 Å². The highest BCUT2D eigenvalue weighted by molar-refractivity contribution is 7.59. The van der Waals surface area contributed by atoms with Crippen LogP contribution in [0.3, 0.4) is 0 Å². The fraction of sp³-hybridized carbons (Fsp3) is 0.800. The number of carboxylic acids is 1. The van der Waals surface area contributed by atoms with E-state index in [0.717, 1.165) is 0 Å². The molecule has 1 atom stereocenters. The van der Waals surface area contributed by atoms with Crippen LogP contribution in [0, 0.1) is 0 Å². The minimum atomic E-state index is -0.955. The first-order valence-electron chi connectivity index (χ1n) is 2.87. The normalized spacial score (nSPS) is 11.8. The number of carboxylic acid groups (broad SMARTS) is 1. The summed E-state index contributed by atoms with van der Waals surface area (Å²) in [5.74, 6) is -0.955. The van der Waals surface area contributed by atoms with Gasteiger partial charge in [0, 0.05) is 0 Å². The van der Waals surface area contributed by atoms with Crippen molar-refractivity contribution in [1.82, 2.24) is 0 Å². The topological polar surface area (TPSA) is 89.3 Å². The number of nitrogens with two attached hydrogens (primary N) is 2.